The van der Waals surface area contributed by atoms with Gasteiger partial charge >= 0.3 is 0 Å². The van der Waals surface area contributed by atoms with E-state index in [0.717, 1.165) is 18.4 Å². The summed E-state index contributed by atoms with van der Waals surface area (Å²) in [4.78, 5) is 12.3. The topological polar surface area (TPSA) is 29.1 Å². The van der Waals surface area contributed by atoms with E-state index >= 15 is 0 Å². The monoisotopic (exact) mass is 343 g/mol. The van der Waals surface area contributed by atoms with Crippen molar-refractivity contribution in [1.29, 1.82) is 0 Å². The van der Waals surface area contributed by atoms with Crippen LogP contribution < -0.4 is 5.32 Å². The zero-order chi connectivity index (χ0) is 18.2. The minimum Gasteiger partial charge on any atom is -0.353 e. The van der Waals surface area contributed by atoms with Crippen molar-refractivity contribution in [3.63, 3.8) is 0 Å². The summed E-state index contributed by atoms with van der Waals surface area (Å²) in [6.07, 6.45) is 2.35. The molecule has 0 aliphatic heterocycles. The van der Waals surface area contributed by atoms with Gasteiger partial charge in [0.1, 0.15) is 0 Å². The van der Waals surface area contributed by atoms with Crippen molar-refractivity contribution in [2.75, 3.05) is 0 Å². The molecule has 0 saturated carbocycles. The van der Waals surface area contributed by atoms with Gasteiger partial charge in [0.05, 0.1) is 6.42 Å². The summed E-state index contributed by atoms with van der Waals surface area (Å²) in [6, 6.07) is 29.1. The average Bonchev–Trinajstić information content (AvgIpc) is 2.68. The van der Waals surface area contributed by atoms with Crippen LogP contribution in [-0.4, -0.2) is 11.9 Å². The van der Waals surface area contributed by atoms with Gasteiger partial charge in [-0.3, -0.25) is 4.79 Å². The Labute approximate surface area is 155 Å². The highest BCUT2D eigenvalue weighted by molar-refractivity contribution is 5.79. The number of rotatable bonds is 7. The lowest BCUT2D eigenvalue weighted by molar-refractivity contribution is -0.121. The lowest BCUT2D eigenvalue weighted by Gasteiger charge is -2.14. The van der Waals surface area contributed by atoms with Crippen LogP contribution >= 0.6 is 0 Å². The lowest BCUT2D eigenvalue weighted by Crippen LogP contribution is -2.34. The van der Waals surface area contributed by atoms with Gasteiger partial charge in [-0.2, -0.15) is 0 Å². The van der Waals surface area contributed by atoms with Crippen LogP contribution in [0.3, 0.4) is 0 Å². The van der Waals surface area contributed by atoms with E-state index in [-0.39, 0.29) is 11.9 Å². The summed E-state index contributed by atoms with van der Waals surface area (Å²) in [7, 11) is 0. The molecule has 0 fully saturated rings. The molecule has 0 spiro atoms. The summed E-state index contributed by atoms with van der Waals surface area (Å²) in [5.74, 6) is 0.0815. The van der Waals surface area contributed by atoms with E-state index in [1.165, 1.54) is 16.7 Å². The second kappa shape index (κ2) is 9.00. The Morgan fingerprint density at radius 1 is 0.769 bits per heavy atom. The first kappa shape index (κ1) is 17.9. The fourth-order valence-electron chi connectivity index (χ4n) is 3.06. The summed E-state index contributed by atoms with van der Waals surface area (Å²) in [5, 5.41) is 3.11. The SMILES string of the molecule is CC(CCc1ccccc1)NC(=O)Cc1ccc(-c2ccccc2)cc1. The summed E-state index contributed by atoms with van der Waals surface area (Å²) in [5.41, 5.74) is 4.71. The normalized spacial score (nSPS) is 11.7. The number of benzene rings is 3. The molecule has 2 heteroatoms. The molecule has 1 unspecified atom stereocenters. The molecule has 1 atom stereocenters. The number of aryl methyl sites for hydroxylation is 1. The highest BCUT2D eigenvalue weighted by Gasteiger charge is 2.09. The Morgan fingerprint density at radius 2 is 1.35 bits per heavy atom. The molecule has 0 bridgehead atoms. The summed E-state index contributed by atoms with van der Waals surface area (Å²) >= 11 is 0. The maximum absolute atomic E-state index is 12.3. The van der Waals surface area contributed by atoms with Crippen molar-refractivity contribution in [2.45, 2.75) is 32.2 Å². The summed E-state index contributed by atoms with van der Waals surface area (Å²) < 4.78 is 0. The first-order valence-corrected chi connectivity index (χ1v) is 9.18. The molecule has 132 valence electrons. The highest BCUT2D eigenvalue weighted by Crippen LogP contribution is 2.19. The standard InChI is InChI=1S/C24H25NO/c1-19(12-13-20-8-4-2-5-9-20)25-24(26)18-21-14-16-23(17-15-21)22-10-6-3-7-11-22/h2-11,14-17,19H,12-13,18H2,1H3,(H,25,26). The maximum Gasteiger partial charge on any atom is 0.224 e. The summed E-state index contributed by atoms with van der Waals surface area (Å²) in [6.45, 7) is 2.07. The third-order valence-electron chi connectivity index (χ3n) is 4.54. The van der Waals surface area contributed by atoms with Gasteiger partial charge in [-0.1, -0.05) is 84.9 Å². The van der Waals surface area contributed by atoms with E-state index in [1.807, 2.05) is 36.4 Å². The quantitative estimate of drug-likeness (QED) is 0.640. The smallest absolute Gasteiger partial charge is 0.224 e. The van der Waals surface area contributed by atoms with E-state index in [4.69, 9.17) is 0 Å². The Kier molecular flexibility index (Phi) is 6.21. The van der Waals surface area contributed by atoms with Gasteiger partial charge in [-0.05, 0) is 42.0 Å². The Morgan fingerprint density at radius 3 is 2.00 bits per heavy atom. The second-order valence-corrected chi connectivity index (χ2v) is 6.73. The average molecular weight is 343 g/mol. The molecule has 3 aromatic carbocycles. The fourth-order valence-corrected chi connectivity index (χ4v) is 3.06. The van der Waals surface area contributed by atoms with Crippen molar-refractivity contribution >= 4 is 5.91 Å². The van der Waals surface area contributed by atoms with E-state index in [0.29, 0.717) is 6.42 Å². The van der Waals surface area contributed by atoms with Crippen molar-refractivity contribution < 1.29 is 4.79 Å². The van der Waals surface area contributed by atoms with Crippen LogP contribution in [0.1, 0.15) is 24.5 Å². The molecule has 0 aliphatic rings. The molecule has 1 amide bonds. The van der Waals surface area contributed by atoms with Gasteiger partial charge in [0.25, 0.3) is 0 Å². The minimum absolute atomic E-state index is 0.0815. The molecular formula is C24H25NO. The maximum atomic E-state index is 12.3. The van der Waals surface area contributed by atoms with Crippen LogP contribution in [0.2, 0.25) is 0 Å². The molecule has 3 aromatic rings. The number of carbonyl (C=O) groups is 1. The molecule has 0 heterocycles. The van der Waals surface area contributed by atoms with Crippen LogP contribution in [0.15, 0.2) is 84.9 Å². The van der Waals surface area contributed by atoms with E-state index < -0.39 is 0 Å². The van der Waals surface area contributed by atoms with E-state index in [1.54, 1.807) is 0 Å². The Bertz CT molecular complexity index is 810. The number of amides is 1. The van der Waals surface area contributed by atoms with Crippen molar-refractivity contribution in [1.82, 2.24) is 5.32 Å². The second-order valence-electron chi connectivity index (χ2n) is 6.73. The Balaban J connectivity index is 1.48. The molecule has 26 heavy (non-hydrogen) atoms. The van der Waals surface area contributed by atoms with Crippen LogP contribution in [0.4, 0.5) is 0 Å². The number of hydrogen-bond donors (Lipinski definition) is 1. The van der Waals surface area contributed by atoms with E-state index in [2.05, 4.69) is 60.8 Å². The van der Waals surface area contributed by atoms with Gasteiger partial charge in [-0.25, -0.2) is 0 Å². The molecule has 0 aromatic heterocycles. The third-order valence-corrected chi connectivity index (χ3v) is 4.54. The minimum atomic E-state index is 0.0815. The first-order chi connectivity index (χ1) is 12.7. The molecular weight excluding hydrogens is 318 g/mol. The third kappa shape index (κ3) is 5.32. The van der Waals surface area contributed by atoms with Crippen LogP contribution in [0.5, 0.6) is 0 Å². The number of nitrogens with one attached hydrogen (secondary N) is 1. The van der Waals surface area contributed by atoms with Crippen molar-refractivity contribution in [2.24, 2.45) is 0 Å². The predicted octanol–water partition coefficient (Wildman–Crippen LogP) is 5.03. The zero-order valence-corrected chi connectivity index (χ0v) is 15.2. The fraction of sp³-hybridized carbons (Fsp3) is 0.208. The molecule has 3 rings (SSSR count). The van der Waals surface area contributed by atoms with Crippen LogP contribution in [-0.2, 0) is 17.6 Å². The Hall–Kier alpha value is -2.87. The van der Waals surface area contributed by atoms with E-state index in [9.17, 15) is 4.79 Å². The largest absolute Gasteiger partial charge is 0.353 e. The first-order valence-electron chi connectivity index (χ1n) is 9.18. The van der Waals surface area contributed by atoms with Gasteiger partial charge in [0, 0.05) is 6.04 Å². The van der Waals surface area contributed by atoms with Crippen molar-refractivity contribution in [3.05, 3.63) is 96.1 Å². The molecule has 0 radical (unpaired) electrons. The molecule has 1 N–H and O–H groups in total. The van der Waals surface area contributed by atoms with Gasteiger partial charge < -0.3 is 5.32 Å². The van der Waals surface area contributed by atoms with Crippen LogP contribution in [0, 0.1) is 0 Å². The van der Waals surface area contributed by atoms with Crippen LogP contribution in [0.25, 0.3) is 11.1 Å². The predicted molar refractivity (Wildman–Crippen MR) is 108 cm³/mol. The number of carbonyl (C=O) groups excluding carboxylic acids is 1. The molecule has 0 aliphatic carbocycles. The van der Waals surface area contributed by atoms with Crippen molar-refractivity contribution in [3.8, 4) is 11.1 Å². The number of hydrogen-bond acceptors (Lipinski definition) is 1. The van der Waals surface area contributed by atoms with Gasteiger partial charge in [-0.15, -0.1) is 0 Å². The molecule has 0 saturated heterocycles. The lowest BCUT2D eigenvalue weighted by atomic mass is 10.0. The van der Waals surface area contributed by atoms with Gasteiger partial charge in [0.2, 0.25) is 5.91 Å². The highest BCUT2D eigenvalue weighted by atomic mass is 16.1. The molecule has 2 nitrogen and oxygen atoms in total. The van der Waals surface area contributed by atoms with Gasteiger partial charge in [0.15, 0.2) is 0 Å². The zero-order valence-electron chi connectivity index (χ0n) is 15.2.